The molecule has 3 rings (SSSR count). The first-order valence-corrected chi connectivity index (χ1v) is 11.6. The fourth-order valence-corrected chi connectivity index (χ4v) is 3.65. The molecule has 31 heavy (non-hydrogen) atoms. The molecule has 0 radical (unpaired) electrons. The van der Waals surface area contributed by atoms with E-state index < -0.39 is 0 Å². The largest absolute Gasteiger partial charge is 0.381 e. The molecule has 1 fully saturated rings. The molecule has 1 saturated heterocycles. The van der Waals surface area contributed by atoms with E-state index in [-0.39, 0.29) is 0 Å². The van der Waals surface area contributed by atoms with Crippen LogP contribution in [0.1, 0.15) is 37.6 Å². The van der Waals surface area contributed by atoms with Gasteiger partial charge in [0.05, 0.1) is 0 Å². The van der Waals surface area contributed by atoms with Crippen LogP contribution in [0.3, 0.4) is 0 Å². The van der Waals surface area contributed by atoms with Gasteiger partial charge in [-0.2, -0.15) is 0 Å². The summed E-state index contributed by atoms with van der Waals surface area (Å²) in [6.45, 7) is 8.68. The number of rotatable bonds is 12. The first-order valence-electron chi connectivity index (χ1n) is 11.6. The van der Waals surface area contributed by atoms with Crippen molar-refractivity contribution in [1.82, 2.24) is 20.2 Å². The summed E-state index contributed by atoms with van der Waals surface area (Å²) in [7, 11) is 0. The van der Waals surface area contributed by atoms with Gasteiger partial charge >= 0.3 is 0 Å². The molecule has 0 atom stereocenters. The fourth-order valence-electron chi connectivity index (χ4n) is 3.65. The number of guanidine groups is 1. The zero-order valence-corrected chi connectivity index (χ0v) is 18.8. The van der Waals surface area contributed by atoms with Crippen molar-refractivity contribution in [2.75, 3.05) is 46.1 Å². The fraction of sp³-hybridized carbons (Fsp3) is 0.583. The van der Waals surface area contributed by atoms with Gasteiger partial charge in [-0.15, -0.1) is 0 Å². The zero-order valence-electron chi connectivity index (χ0n) is 18.8. The van der Waals surface area contributed by atoms with Crippen molar-refractivity contribution in [2.24, 2.45) is 10.9 Å². The quantitative estimate of drug-likeness (QED) is 0.310. The molecule has 1 aromatic heterocycles. The molecule has 7 nitrogen and oxygen atoms in total. The molecule has 0 bridgehead atoms. The van der Waals surface area contributed by atoms with Crippen molar-refractivity contribution < 1.29 is 9.47 Å². The number of nitrogens with zero attached hydrogens (tertiary/aromatic N) is 3. The molecule has 2 N–H and O–H groups in total. The number of nitrogens with one attached hydrogen (secondary N) is 2. The van der Waals surface area contributed by atoms with Gasteiger partial charge in [-0.3, -0.25) is 4.99 Å². The lowest BCUT2D eigenvalue weighted by atomic mass is 10.0. The normalized spacial score (nSPS) is 15.2. The minimum Gasteiger partial charge on any atom is -0.381 e. The summed E-state index contributed by atoms with van der Waals surface area (Å²) in [4.78, 5) is 9.20. The van der Waals surface area contributed by atoms with E-state index in [0.717, 1.165) is 90.1 Å². The maximum absolute atomic E-state index is 5.83. The molecular weight excluding hydrogens is 390 g/mol. The van der Waals surface area contributed by atoms with Gasteiger partial charge in [0.25, 0.3) is 0 Å². The first-order chi connectivity index (χ1) is 15.3. The average Bonchev–Trinajstić information content (AvgIpc) is 3.24. The highest BCUT2D eigenvalue weighted by Gasteiger charge is 2.13. The Bertz CT molecular complexity index is 756. The monoisotopic (exact) mass is 427 g/mol. The number of hydrogen-bond donors (Lipinski definition) is 2. The van der Waals surface area contributed by atoms with Crippen molar-refractivity contribution in [2.45, 2.75) is 39.2 Å². The maximum Gasteiger partial charge on any atom is 0.191 e. The van der Waals surface area contributed by atoms with Crippen molar-refractivity contribution in [1.29, 1.82) is 0 Å². The third-order valence-corrected chi connectivity index (χ3v) is 5.39. The van der Waals surface area contributed by atoms with E-state index in [4.69, 9.17) is 9.47 Å². The van der Waals surface area contributed by atoms with Gasteiger partial charge in [0.15, 0.2) is 5.96 Å². The number of benzene rings is 1. The van der Waals surface area contributed by atoms with Crippen LogP contribution >= 0.6 is 0 Å². The molecule has 0 saturated carbocycles. The van der Waals surface area contributed by atoms with Crippen LogP contribution in [0.5, 0.6) is 0 Å². The second kappa shape index (κ2) is 13.8. The Kier molecular flexibility index (Phi) is 10.4. The van der Waals surface area contributed by atoms with E-state index >= 15 is 0 Å². The van der Waals surface area contributed by atoms with Crippen LogP contribution in [0.25, 0.3) is 0 Å². The van der Waals surface area contributed by atoms with Crippen LogP contribution in [-0.4, -0.2) is 61.6 Å². The Balaban J connectivity index is 1.35. The highest BCUT2D eigenvalue weighted by Crippen LogP contribution is 2.14. The molecule has 2 aromatic rings. The summed E-state index contributed by atoms with van der Waals surface area (Å²) in [5, 5.41) is 6.74. The number of hydrogen-bond acceptors (Lipinski definition) is 4. The Morgan fingerprint density at radius 3 is 2.87 bits per heavy atom. The summed E-state index contributed by atoms with van der Waals surface area (Å²) < 4.78 is 13.4. The zero-order chi connectivity index (χ0) is 21.6. The lowest BCUT2D eigenvalue weighted by Crippen LogP contribution is -2.38. The van der Waals surface area contributed by atoms with Crippen LogP contribution in [0.2, 0.25) is 0 Å². The Hall–Kier alpha value is -2.38. The number of imidazole rings is 1. The van der Waals surface area contributed by atoms with Crippen LogP contribution < -0.4 is 10.6 Å². The predicted molar refractivity (Wildman–Crippen MR) is 124 cm³/mol. The molecule has 170 valence electrons. The highest BCUT2D eigenvalue weighted by molar-refractivity contribution is 5.79. The van der Waals surface area contributed by atoms with Gasteiger partial charge in [0.2, 0.25) is 0 Å². The van der Waals surface area contributed by atoms with Crippen molar-refractivity contribution in [3.63, 3.8) is 0 Å². The van der Waals surface area contributed by atoms with Crippen molar-refractivity contribution in [3.8, 4) is 0 Å². The smallest absolute Gasteiger partial charge is 0.191 e. The van der Waals surface area contributed by atoms with E-state index in [0.29, 0.717) is 5.92 Å². The van der Waals surface area contributed by atoms with Gasteiger partial charge in [-0.1, -0.05) is 30.3 Å². The summed E-state index contributed by atoms with van der Waals surface area (Å²) in [5.41, 5.74) is 1.28. The first kappa shape index (κ1) is 23.3. The molecule has 0 amide bonds. The summed E-state index contributed by atoms with van der Waals surface area (Å²) >= 11 is 0. The summed E-state index contributed by atoms with van der Waals surface area (Å²) in [5.74, 6) is 2.59. The lowest BCUT2D eigenvalue weighted by molar-refractivity contribution is 0.0205. The molecule has 0 unspecified atom stereocenters. The number of aliphatic imine (C=N–C) groups is 1. The molecule has 1 aliphatic heterocycles. The van der Waals surface area contributed by atoms with E-state index in [2.05, 4.69) is 56.4 Å². The lowest BCUT2D eigenvalue weighted by Gasteiger charge is -2.21. The Labute approximate surface area is 186 Å². The molecule has 0 aliphatic carbocycles. The second-order valence-corrected chi connectivity index (χ2v) is 7.88. The molecular formula is C24H37N5O2. The van der Waals surface area contributed by atoms with Gasteiger partial charge < -0.3 is 24.7 Å². The second-order valence-electron chi connectivity index (χ2n) is 7.88. The van der Waals surface area contributed by atoms with Gasteiger partial charge in [-0.25, -0.2) is 4.98 Å². The van der Waals surface area contributed by atoms with Gasteiger partial charge in [0.1, 0.15) is 5.82 Å². The van der Waals surface area contributed by atoms with Crippen molar-refractivity contribution >= 4 is 5.96 Å². The minimum absolute atomic E-state index is 0.658. The maximum atomic E-state index is 5.83. The topological polar surface area (TPSA) is 72.7 Å². The van der Waals surface area contributed by atoms with E-state index in [1.54, 1.807) is 0 Å². The van der Waals surface area contributed by atoms with E-state index in [1.165, 1.54) is 5.56 Å². The predicted octanol–water partition coefficient (Wildman–Crippen LogP) is 2.86. The van der Waals surface area contributed by atoms with Crippen LogP contribution in [0, 0.1) is 5.92 Å². The summed E-state index contributed by atoms with van der Waals surface area (Å²) in [6, 6.07) is 10.5. The van der Waals surface area contributed by atoms with Crippen LogP contribution in [0.4, 0.5) is 0 Å². The molecule has 1 aromatic carbocycles. The molecule has 0 spiro atoms. The summed E-state index contributed by atoms with van der Waals surface area (Å²) in [6.07, 6.45) is 7.94. The molecule has 2 heterocycles. The molecule has 7 heteroatoms. The van der Waals surface area contributed by atoms with Crippen molar-refractivity contribution in [3.05, 3.63) is 54.1 Å². The Morgan fingerprint density at radius 2 is 2.06 bits per heavy atom. The van der Waals surface area contributed by atoms with Crippen LogP contribution in [-0.2, 0) is 22.4 Å². The molecule has 1 aliphatic rings. The third-order valence-electron chi connectivity index (χ3n) is 5.39. The third kappa shape index (κ3) is 8.71. The number of ether oxygens (including phenoxy) is 2. The van der Waals surface area contributed by atoms with E-state index in [1.807, 2.05) is 18.5 Å². The minimum atomic E-state index is 0.658. The standard InChI is InChI=1S/C24H37N5O2/c1-2-25-24(27-12-6-16-31-20-22-10-17-30-18-11-22)28-13-9-23-26-14-15-29(23)19-21-7-4-3-5-8-21/h3-5,7-8,14-15,22H,2,6,9-13,16-20H2,1H3,(H2,25,27,28). The average molecular weight is 428 g/mol. The van der Waals surface area contributed by atoms with E-state index in [9.17, 15) is 0 Å². The van der Waals surface area contributed by atoms with Gasteiger partial charge in [0, 0.05) is 71.4 Å². The Morgan fingerprint density at radius 1 is 1.23 bits per heavy atom. The van der Waals surface area contributed by atoms with Gasteiger partial charge in [-0.05, 0) is 37.7 Å². The number of aromatic nitrogens is 2. The SMILES string of the molecule is CCNC(=NCCCOCC1CCOCC1)NCCc1nccn1Cc1ccccc1. The highest BCUT2D eigenvalue weighted by atomic mass is 16.5. The van der Waals surface area contributed by atoms with Crippen LogP contribution in [0.15, 0.2) is 47.7 Å².